The van der Waals surface area contributed by atoms with Crippen molar-refractivity contribution in [2.24, 2.45) is 5.92 Å². The van der Waals surface area contributed by atoms with Crippen molar-refractivity contribution >= 4 is 35.1 Å². The first-order chi connectivity index (χ1) is 15.3. The van der Waals surface area contributed by atoms with E-state index in [4.69, 9.17) is 37.4 Å². The normalized spacial score (nSPS) is 13.9. The van der Waals surface area contributed by atoms with Crippen molar-refractivity contribution in [1.82, 2.24) is 29.9 Å². The van der Waals surface area contributed by atoms with Crippen LogP contribution in [-0.2, 0) is 4.74 Å². The van der Waals surface area contributed by atoms with Gasteiger partial charge in [0.2, 0.25) is 22.5 Å². The minimum atomic E-state index is -0.419. The fourth-order valence-electron chi connectivity index (χ4n) is 3.00. The average Bonchev–Trinajstić information content (AvgIpc) is 2.70. The molecule has 184 valence electrons. The van der Waals surface area contributed by atoms with Gasteiger partial charge in [-0.15, -0.1) is 0 Å². The van der Waals surface area contributed by atoms with Gasteiger partial charge in [0.05, 0.1) is 26.4 Å². The Balaban J connectivity index is 1.93. The average molecular weight is 503 g/mol. The van der Waals surface area contributed by atoms with E-state index >= 15 is 0 Å². The van der Waals surface area contributed by atoms with E-state index < -0.39 is 11.1 Å². The third-order valence-corrected chi connectivity index (χ3v) is 5.44. The lowest BCUT2D eigenvalue weighted by Crippen LogP contribution is -2.43. The molecule has 0 aromatic carbocycles. The lowest BCUT2D eigenvalue weighted by Gasteiger charge is -2.36. The SMILES string of the molecule is COc1nc(Cl)nc(NC(C)CC(C)(C)OCC(C)C(C)(C)Nc2nc(Cl)nc(OC)n2)n1. The van der Waals surface area contributed by atoms with Gasteiger partial charge < -0.3 is 24.8 Å². The molecule has 0 radical (unpaired) electrons. The van der Waals surface area contributed by atoms with Gasteiger partial charge in [0.1, 0.15) is 0 Å². The van der Waals surface area contributed by atoms with Crippen LogP contribution in [0.4, 0.5) is 11.9 Å². The first-order valence-corrected chi connectivity index (χ1v) is 11.2. The van der Waals surface area contributed by atoms with Crippen LogP contribution in [0.5, 0.6) is 12.0 Å². The van der Waals surface area contributed by atoms with Gasteiger partial charge >= 0.3 is 12.0 Å². The maximum Gasteiger partial charge on any atom is 0.322 e. The fourth-order valence-corrected chi connectivity index (χ4v) is 3.31. The van der Waals surface area contributed by atoms with E-state index in [0.717, 1.165) is 0 Å². The van der Waals surface area contributed by atoms with Crippen LogP contribution in [0.25, 0.3) is 0 Å². The predicted octanol–water partition coefficient (Wildman–Crippen LogP) is 3.89. The number of ether oxygens (including phenoxy) is 3. The van der Waals surface area contributed by atoms with Crippen molar-refractivity contribution in [2.75, 3.05) is 31.5 Å². The molecule has 0 fully saturated rings. The summed E-state index contributed by atoms with van der Waals surface area (Å²) in [5.41, 5.74) is -0.814. The molecule has 2 rings (SSSR count). The maximum atomic E-state index is 6.27. The van der Waals surface area contributed by atoms with Crippen molar-refractivity contribution in [3.05, 3.63) is 10.6 Å². The first-order valence-electron chi connectivity index (χ1n) is 10.4. The van der Waals surface area contributed by atoms with Crippen molar-refractivity contribution in [3.8, 4) is 12.0 Å². The van der Waals surface area contributed by atoms with Crippen LogP contribution in [0.1, 0.15) is 48.0 Å². The molecule has 0 aliphatic carbocycles. The topological polar surface area (TPSA) is 129 Å². The molecule has 0 bridgehead atoms. The summed E-state index contributed by atoms with van der Waals surface area (Å²) in [6.45, 7) is 12.8. The molecule has 13 heteroatoms. The highest BCUT2D eigenvalue weighted by Crippen LogP contribution is 2.26. The van der Waals surface area contributed by atoms with E-state index in [1.165, 1.54) is 14.2 Å². The monoisotopic (exact) mass is 502 g/mol. The number of hydrogen-bond acceptors (Lipinski definition) is 11. The Morgan fingerprint density at radius 1 is 0.818 bits per heavy atom. The second kappa shape index (κ2) is 11.3. The Kier molecular flexibility index (Phi) is 9.21. The molecule has 0 saturated carbocycles. The van der Waals surface area contributed by atoms with Gasteiger partial charge in [0, 0.05) is 17.5 Å². The lowest BCUT2D eigenvalue weighted by atomic mass is 9.89. The molecule has 33 heavy (non-hydrogen) atoms. The minimum Gasteiger partial charge on any atom is -0.467 e. The number of nitrogens with zero attached hydrogens (tertiary/aromatic N) is 6. The number of aromatic nitrogens is 6. The second-order valence-corrected chi connectivity index (χ2v) is 9.57. The summed E-state index contributed by atoms with van der Waals surface area (Å²) in [7, 11) is 2.94. The summed E-state index contributed by atoms with van der Waals surface area (Å²) >= 11 is 11.9. The molecule has 2 heterocycles. The summed E-state index contributed by atoms with van der Waals surface area (Å²) in [6.07, 6.45) is 0.694. The van der Waals surface area contributed by atoms with E-state index in [-0.39, 0.29) is 34.5 Å². The van der Waals surface area contributed by atoms with Crippen LogP contribution in [0, 0.1) is 5.92 Å². The van der Waals surface area contributed by atoms with Gasteiger partial charge in [0.25, 0.3) is 0 Å². The summed E-state index contributed by atoms with van der Waals surface area (Å²) in [6, 6.07) is 0.308. The molecule has 0 amide bonds. The Hall–Kier alpha value is -2.24. The van der Waals surface area contributed by atoms with E-state index in [2.05, 4.69) is 47.5 Å². The van der Waals surface area contributed by atoms with Crippen LogP contribution in [-0.4, -0.2) is 67.9 Å². The smallest absolute Gasteiger partial charge is 0.322 e. The fraction of sp³-hybridized carbons (Fsp3) is 0.700. The van der Waals surface area contributed by atoms with Crippen molar-refractivity contribution in [2.45, 2.75) is 65.1 Å². The Morgan fingerprint density at radius 2 is 1.33 bits per heavy atom. The van der Waals surface area contributed by atoms with Crippen LogP contribution in [0.3, 0.4) is 0 Å². The molecular formula is C20H32Cl2N8O3. The van der Waals surface area contributed by atoms with Gasteiger partial charge in [-0.1, -0.05) is 6.92 Å². The number of rotatable bonds is 12. The third kappa shape index (κ3) is 8.56. The number of methoxy groups -OCH3 is 2. The lowest BCUT2D eigenvalue weighted by molar-refractivity contribution is -0.0470. The number of hydrogen-bond donors (Lipinski definition) is 2. The third-order valence-electron chi connectivity index (χ3n) is 5.10. The van der Waals surface area contributed by atoms with E-state index in [1.807, 2.05) is 34.6 Å². The summed E-state index contributed by atoms with van der Waals surface area (Å²) < 4.78 is 16.4. The predicted molar refractivity (Wildman–Crippen MR) is 127 cm³/mol. The van der Waals surface area contributed by atoms with Crippen molar-refractivity contribution < 1.29 is 14.2 Å². The summed E-state index contributed by atoms with van der Waals surface area (Å²) in [5, 5.41) is 6.63. The molecular weight excluding hydrogens is 471 g/mol. The standard InChI is InChI=1S/C20H32Cl2N8O3/c1-11(20(5,6)30-16-25-14(22)27-18(29-16)32-8)10-33-19(3,4)9-12(2)23-15-24-13(21)26-17(28-15)31-7/h11-12H,9-10H2,1-8H3,(H,23,24,26,28)(H,25,27,29,30). The molecule has 0 saturated heterocycles. The highest BCUT2D eigenvalue weighted by Gasteiger charge is 2.30. The van der Waals surface area contributed by atoms with Crippen molar-refractivity contribution in [1.29, 1.82) is 0 Å². The zero-order valence-electron chi connectivity index (χ0n) is 20.2. The molecule has 2 aromatic heterocycles. The molecule has 11 nitrogen and oxygen atoms in total. The minimum absolute atomic E-state index is 0.00411. The Morgan fingerprint density at radius 3 is 1.88 bits per heavy atom. The van der Waals surface area contributed by atoms with Crippen LogP contribution >= 0.6 is 23.2 Å². The second-order valence-electron chi connectivity index (χ2n) is 8.90. The molecule has 2 atom stereocenters. The maximum absolute atomic E-state index is 6.27. The number of anilines is 2. The molecule has 0 aliphatic heterocycles. The molecule has 0 spiro atoms. The van der Waals surface area contributed by atoms with E-state index in [1.54, 1.807) is 0 Å². The van der Waals surface area contributed by atoms with Gasteiger partial charge in [-0.2, -0.15) is 29.9 Å². The zero-order valence-corrected chi connectivity index (χ0v) is 21.7. The summed E-state index contributed by atoms with van der Waals surface area (Å²) in [5.74, 6) is 0.792. The van der Waals surface area contributed by atoms with Gasteiger partial charge in [-0.25, -0.2) is 0 Å². The first kappa shape index (κ1) is 27.0. The zero-order chi connectivity index (χ0) is 24.8. The van der Waals surface area contributed by atoms with E-state index in [9.17, 15) is 0 Å². The molecule has 2 aromatic rings. The van der Waals surface area contributed by atoms with Crippen molar-refractivity contribution in [3.63, 3.8) is 0 Å². The van der Waals surface area contributed by atoms with Crippen LogP contribution < -0.4 is 20.1 Å². The number of nitrogens with one attached hydrogen (secondary N) is 2. The Bertz CT molecular complexity index is 932. The molecule has 0 aliphatic rings. The van der Waals surface area contributed by atoms with E-state index in [0.29, 0.717) is 24.9 Å². The Labute approximate surface area is 204 Å². The summed E-state index contributed by atoms with van der Waals surface area (Å²) in [4.78, 5) is 24.3. The van der Waals surface area contributed by atoms with Crippen LogP contribution in [0.15, 0.2) is 0 Å². The molecule has 2 N–H and O–H groups in total. The highest BCUT2D eigenvalue weighted by atomic mass is 35.5. The van der Waals surface area contributed by atoms with Gasteiger partial charge in [0.15, 0.2) is 0 Å². The quantitative estimate of drug-likeness (QED) is 0.438. The largest absolute Gasteiger partial charge is 0.467 e. The van der Waals surface area contributed by atoms with Gasteiger partial charge in [-0.3, -0.25) is 0 Å². The molecule has 2 unspecified atom stereocenters. The van der Waals surface area contributed by atoms with Crippen LogP contribution in [0.2, 0.25) is 10.6 Å². The highest BCUT2D eigenvalue weighted by molar-refractivity contribution is 6.28. The van der Waals surface area contributed by atoms with Gasteiger partial charge in [-0.05, 0) is 64.2 Å². The number of halogens is 2.